The van der Waals surface area contributed by atoms with Gasteiger partial charge in [0.1, 0.15) is 18.2 Å². The van der Waals surface area contributed by atoms with Crippen LogP contribution in [0.5, 0.6) is 5.75 Å². The Morgan fingerprint density at radius 2 is 1.97 bits per heavy atom. The number of hydrogen-bond acceptors (Lipinski definition) is 7. The molecule has 1 aliphatic heterocycles. The third-order valence-electron chi connectivity index (χ3n) is 4.83. The van der Waals surface area contributed by atoms with E-state index in [1.165, 1.54) is 11.1 Å². The normalized spacial score (nSPS) is 16.7. The van der Waals surface area contributed by atoms with E-state index in [4.69, 9.17) is 9.47 Å². The molecule has 1 aliphatic rings. The molecule has 0 radical (unpaired) electrons. The fraction of sp³-hybridized carbons (Fsp3) is 0.364. The maximum atomic E-state index is 5.75. The van der Waals surface area contributed by atoms with E-state index >= 15 is 0 Å². The van der Waals surface area contributed by atoms with Crippen LogP contribution in [0.3, 0.4) is 0 Å². The predicted molar refractivity (Wildman–Crippen MR) is 115 cm³/mol. The first-order chi connectivity index (χ1) is 14.3. The Morgan fingerprint density at radius 3 is 2.69 bits per heavy atom. The van der Waals surface area contributed by atoms with Gasteiger partial charge in [-0.05, 0) is 36.2 Å². The van der Waals surface area contributed by atoms with E-state index in [1.54, 1.807) is 11.3 Å². The van der Waals surface area contributed by atoms with Crippen molar-refractivity contribution in [2.75, 3.05) is 24.6 Å². The summed E-state index contributed by atoms with van der Waals surface area (Å²) in [6, 6.07) is 12.4. The molecular weight excluding hydrogens is 384 g/mol. The van der Waals surface area contributed by atoms with Crippen LogP contribution >= 0.6 is 11.3 Å². The molecule has 1 aromatic carbocycles. The number of rotatable bonds is 8. The summed E-state index contributed by atoms with van der Waals surface area (Å²) in [5.41, 5.74) is 5.18. The molecule has 0 bridgehead atoms. The number of thiazole rings is 1. The number of nitrogens with zero attached hydrogens (tertiary/aromatic N) is 3. The summed E-state index contributed by atoms with van der Waals surface area (Å²) in [5.74, 6) is 1.89. The zero-order chi connectivity index (χ0) is 19.9. The fourth-order valence-electron chi connectivity index (χ4n) is 3.26. The van der Waals surface area contributed by atoms with Gasteiger partial charge < -0.3 is 19.7 Å². The lowest BCUT2D eigenvalue weighted by atomic mass is 10.2. The molecule has 1 saturated heterocycles. The van der Waals surface area contributed by atoms with Gasteiger partial charge in [-0.2, -0.15) is 0 Å². The molecule has 1 atom stereocenters. The predicted octanol–water partition coefficient (Wildman–Crippen LogP) is 3.63. The minimum atomic E-state index is 0.260. The zero-order valence-corrected chi connectivity index (χ0v) is 17.4. The molecule has 29 heavy (non-hydrogen) atoms. The highest BCUT2D eigenvalue weighted by Gasteiger charge is 2.17. The van der Waals surface area contributed by atoms with Gasteiger partial charge in [0.2, 0.25) is 0 Å². The second-order valence-corrected chi connectivity index (χ2v) is 7.89. The molecule has 0 aliphatic carbocycles. The summed E-state index contributed by atoms with van der Waals surface area (Å²) in [7, 11) is 0. The highest BCUT2D eigenvalue weighted by Crippen LogP contribution is 2.16. The molecule has 3 heterocycles. The molecule has 4 rings (SSSR count). The van der Waals surface area contributed by atoms with Crippen LogP contribution in [0.15, 0.2) is 53.5 Å². The van der Waals surface area contributed by atoms with Gasteiger partial charge in [0.05, 0.1) is 23.9 Å². The van der Waals surface area contributed by atoms with E-state index in [0.29, 0.717) is 6.61 Å². The van der Waals surface area contributed by atoms with Gasteiger partial charge in [0.15, 0.2) is 0 Å². The van der Waals surface area contributed by atoms with Gasteiger partial charge in [-0.25, -0.2) is 9.97 Å². The molecule has 1 N–H and O–H groups in total. The molecule has 6 nitrogen and oxygen atoms in total. The SMILES string of the molecule is CC1CN(c2ccc(CNCc3ccc(OCc4cscn4)cc3)cn2)CCO1. The zero-order valence-electron chi connectivity index (χ0n) is 16.6. The number of pyridine rings is 1. The topological polar surface area (TPSA) is 59.5 Å². The van der Waals surface area contributed by atoms with Gasteiger partial charge >= 0.3 is 0 Å². The molecule has 0 spiro atoms. The van der Waals surface area contributed by atoms with Crippen molar-refractivity contribution in [2.24, 2.45) is 0 Å². The number of anilines is 1. The Bertz CT molecular complexity index is 869. The third-order valence-corrected chi connectivity index (χ3v) is 5.46. The van der Waals surface area contributed by atoms with E-state index < -0.39 is 0 Å². The second kappa shape index (κ2) is 9.82. The third kappa shape index (κ3) is 5.76. The quantitative estimate of drug-likeness (QED) is 0.612. The number of hydrogen-bond donors (Lipinski definition) is 1. The van der Waals surface area contributed by atoms with Gasteiger partial charge in [0, 0.05) is 37.8 Å². The Hall–Kier alpha value is -2.48. The summed E-state index contributed by atoms with van der Waals surface area (Å²) in [6.07, 6.45) is 2.22. The summed E-state index contributed by atoms with van der Waals surface area (Å²) < 4.78 is 11.3. The summed E-state index contributed by atoms with van der Waals surface area (Å²) >= 11 is 1.58. The van der Waals surface area contributed by atoms with Crippen LogP contribution in [0.1, 0.15) is 23.7 Å². The number of aromatic nitrogens is 2. The highest BCUT2D eigenvalue weighted by molar-refractivity contribution is 7.07. The van der Waals surface area contributed by atoms with Crippen LogP contribution in [-0.4, -0.2) is 35.8 Å². The average Bonchev–Trinajstić information content (AvgIpc) is 3.27. The lowest BCUT2D eigenvalue weighted by molar-refractivity contribution is 0.0529. The summed E-state index contributed by atoms with van der Waals surface area (Å²) in [6.45, 7) is 6.76. The van der Waals surface area contributed by atoms with E-state index in [-0.39, 0.29) is 6.10 Å². The van der Waals surface area contributed by atoms with E-state index in [9.17, 15) is 0 Å². The highest BCUT2D eigenvalue weighted by atomic mass is 32.1. The molecule has 1 unspecified atom stereocenters. The van der Waals surface area contributed by atoms with Crippen molar-refractivity contribution >= 4 is 17.2 Å². The Balaban J connectivity index is 1.21. The lowest BCUT2D eigenvalue weighted by Crippen LogP contribution is -2.41. The minimum Gasteiger partial charge on any atom is -0.487 e. The van der Waals surface area contributed by atoms with Crippen molar-refractivity contribution in [3.05, 3.63) is 70.3 Å². The van der Waals surface area contributed by atoms with Gasteiger partial charge in [-0.3, -0.25) is 0 Å². The molecule has 2 aromatic heterocycles. The maximum absolute atomic E-state index is 5.75. The summed E-state index contributed by atoms with van der Waals surface area (Å²) in [4.78, 5) is 11.1. The van der Waals surface area contributed by atoms with Crippen molar-refractivity contribution in [3.63, 3.8) is 0 Å². The van der Waals surface area contributed by atoms with Crippen molar-refractivity contribution in [3.8, 4) is 5.75 Å². The Morgan fingerprint density at radius 1 is 1.14 bits per heavy atom. The number of morpholine rings is 1. The van der Waals surface area contributed by atoms with Crippen LogP contribution in [-0.2, 0) is 24.4 Å². The molecule has 0 amide bonds. The van der Waals surface area contributed by atoms with Crippen LogP contribution in [0.2, 0.25) is 0 Å². The van der Waals surface area contributed by atoms with E-state index in [1.807, 2.05) is 29.2 Å². The molecule has 7 heteroatoms. The molecule has 0 saturated carbocycles. The fourth-order valence-corrected chi connectivity index (χ4v) is 3.80. The van der Waals surface area contributed by atoms with Crippen LogP contribution in [0, 0.1) is 0 Å². The van der Waals surface area contributed by atoms with Gasteiger partial charge in [-0.1, -0.05) is 18.2 Å². The Labute approximate surface area is 175 Å². The van der Waals surface area contributed by atoms with Gasteiger partial charge in [-0.15, -0.1) is 11.3 Å². The first-order valence-electron chi connectivity index (χ1n) is 9.87. The summed E-state index contributed by atoms with van der Waals surface area (Å²) in [5, 5.41) is 5.48. The van der Waals surface area contributed by atoms with Crippen molar-refractivity contribution < 1.29 is 9.47 Å². The first kappa shape index (κ1) is 19.8. The standard InChI is InChI=1S/C22H26N4O2S/c1-17-13-26(8-9-27-17)22-7-4-19(12-24-22)11-23-10-18-2-5-21(6-3-18)28-14-20-15-29-16-25-20/h2-7,12,15-17,23H,8-11,13-14H2,1H3. The first-order valence-corrected chi connectivity index (χ1v) is 10.8. The van der Waals surface area contributed by atoms with Crippen LogP contribution in [0.25, 0.3) is 0 Å². The smallest absolute Gasteiger partial charge is 0.131 e. The molecular formula is C22H26N4O2S. The van der Waals surface area contributed by atoms with Gasteiger partial charge in [0.25, 0.3) is 0 Å². The number of nitrogens with one attached hydrogen (secondary N) is 1. The van der Waals surface area contributed by atoms with E-state index in [2.05, 4.69) is 51.4 Å². The van der Waals surface area contributed by atoms with Crippen molar-refractivity contribution in [2.45, 2.75) is 32.7 Å². The van der Waals surface area contributed by atoms with Crippen LogP contribution in [0.4, 0.5) is 5.82 Å². The Kier molecular flexibility index (Phi) is 6.71. The average molecular weight is 411 g/mol. The van der Waals surface area contributed by atoms with E-state index in [0.717, 1.165) is 50.0 Å². The lowest BCUT2D eigenvalue weighted by Gasteiger charge is -2.32. The van der Waals surface area contributed by atoms with Crippen molar-refractivity contribution in [1.82, 2.24) is 15.3 Å². The molecule has 3 aromatic rings. The maximum Gasteiger partial charge on any atom is 0.131 e. The minimum absolute atomic E-state index is 0.260. The molecule has 1 fully saturated rings. The monoisotopic (exact) mass is 410 g/mol. The van der Waals surface area contributed by atoms with Crippen molar-refractivity contribution in [1.29, 1.82) is 0 Å². The second-order valence-electron chi connectivity index (χ2n) is 7.17. The molecule has 152 valence electrons. The van der Waals surface area contributed by atoms with Crippen LogP contribution < -0.4 is 15.0 Å². The largest absolute Gasteiger partial charge is 0.487 e. The number of benzene rings is 1. The number of ether oxygens (including phenoxy) is 2.